The molecule has 0 aliphatic heterocycles. The van der Waals surface area contributed by atoms with Crippen molar-refractivity contribution in [1.29, 1.82) is 0 Å². The standard InChI is InChI=1S/C20H16N6/c1-2-17-15(5-8-22-17)11-16(1)18-13-25-20-19(23-9-10-26(18)20)24-12-14-3-6-21-7-4-14/h1-11,13,22H,12H2,(H,23,24). The SMILES string of the molecule is c1cc(CNc2nccn3c(-c4ccc5[nH]ccc5c4)cnc23)ccn1. The van der Waals surface area contributed by atoms with Crippen molar-refractivity contribution >= 4 is 22.4 Å². The largest absolute Gasteiger partial charge is 0.363 e. The summed E-state index contributed by atoms with van der Waals surface area (Å²) in [6, 6.07) is 12.4. The maximum atomic E-state index is 4.59. The highest BCUT2D eigenvalue weighted by atomic mass is 15.1. The van der Waals surface area contributed by atoms with Crippen LogP contribution in [0, 0.1) is 0 Å². The van der Waals surface area contributed by atoms with Crippen LogP contribution in [0.1, 0.15) is 5.56 Å². The summed E-state index contributed by atoms with van der Waals surface area (Å²) in [7, 11) is 0. The Hall–Kier alpha value is -3.67. The molecular formula is C20H16N6. The monoisotopic (exact) mass is 340 g/mol. The Morgan fingerprint density at radius 1 is 1.00 bits per heavy atom. The lowest BCUT2D eigenvalue weighted by Gasteiger charge is -2.08. The molecule has 0 aliphatic carbocycles. The minimum absolute atomic E-state index is 0.673. The molecule has 0 amide bonds. The molecule has 0 spiro atoms. The molecule has 0 unspecified atom stereocenters. The number of anilines is 1. The first-order valence-electron chi connectivity index (χ1n) is 8.41. The van der Waals surface area contributed by atoms with Crippen LogP contribution in [-0.4, -0.2) is 24.3 Å². The molecule has 0 atom stereocenters. The Bertz CT molecular complexity index is 1190. The van der Waals surface area contributed by atoms with Crippen LogP contribution in [0.25, 0.3) is 27.8 Å². The lowest BCUT2D eigenvalue weighted by molar-refractivity contribution is 1.07. The predicted octanol–water partition coefficient (Wildman–Crippen LogP) is 3.88. The highest BCUT2D eigenvalue weighted by Crippen LogP contribution is 2.26. The van der Waals surface area contributed by atoms with Crippen molar-refractivity contribution in [1.82, 2.24) is 24.3 Å². The van der Waals surface area contributed by atoms with Gasteiger partial charge in [0.1, 0.15) is 0 Å². The topological polar surface area (TPSA) is 70.9 Å². The van der Waals surface area contributed by atoms with Crippen LogP contribution in [0.5, 0.6) is 0 Å². The molecule has 4 aromatic heterocycles. The zero-order valence-corrected chi connectivity index (χ0v) is 13.9. The summed E-state index contributed by atoms with van der Waals surface area (Å²) in [6.07, 6.45) is 11.2. The van der Waals surface area contributed by atoms with Crippen LogP contribution < -0.4 is 5.32 Å². The summed E-state index contributed by atoms with van der Waals surface area (Å²) in [4.78, 5) is 16.3. The maximum absolute atomic E-state index is 4.59. The Balaban J connectivity index is 1.52. The second-order valence-electron chi connectivity index (χ2n) is 6.10. The van der Waals surface area contributed by atoms with Gasteiger partial charge in [-0.05, 0) is 35.9 Å². The van der Waals surface area contributed by atoms with Gasteiger partial charge >= 0.3 is 0 Å². The number of nitrogens with one attached hydrogen (secondary N) is 2. The van der Waals surface area contributed by atoms with Crippen LogP contribution >= 0.6 is 0 Å². The van der Waals surface area contributed by atoms with Crippen molar-refractivity contribution in [3.05, 3.63) is 79.1 Å². The molecule has 6 nitrogen and oxygen atoms in total. The second-order valence-corrected chi connectivity index (χ2v) is 6.10. The number of fused-ring (bicyclic) bond motifs is 2. The Labute approximate surface area is 149 Å². The third-order valence-electron chi connectivity index (χ3n) is 4.49. The Morgan fingerprint density at radius 2 is 1.92 bits per heavy atom. The number of nitrogens with zero attached hydrogens (tertiary/aromatic N) is 4. The number of pyridine rings is 1. The molecular weight excluding hydrogens is 324 g/mol. The first-order valence-corrected chi connectivity index (χ1v) is 8.41. The van der Waals surface area contributed by atoms with Crippen molar-refractivity contribution in [2.24, 2.45) is 0 Å². The van der Waals surface area contributed by atoms with Crippen molar-refractivity contribution in [3.8, 4) is 11.3 Å². The van der Waals surface area contributed by atoms with E-state index < -0.39 is 0 Å². The number of imidazole rings is 1. The Kier molecular flexibility index (Phi) is 3.38. The maximum Gasteiger partial charge on any atom is 0.180 e. The molecule has 126 valence electrons. The fraction of sp³-hybridized carbons (Fsp3) is 0.0500. The van der Waals surface area contributed by atoms with E-state index in [-0.39, 0.29) is 0 Å². The van der Waals surface area contributed by atoms with Gasteiger partial charge in [-0.2, -0.15) is 0 Å². The molecule has 5 aromatic rings. The van der Waals surface area contributed by atoms with Crippen molar-refractivity contribution in [2.75, 3.05) is 5.32 Å². The smallest absolute Gasteiger partial charge is 0.180 e. The van der Waals surface area contributed by atoms with Gasteiger partial charge in [-0.25, -0.2) is 9.97 Å². The molecule has 1 aromatic carbocycles. The quantitative estimate of drug-likeness (QED) is 0.521. The summed E-state index contributed by atoms with van der Waals surface area (Å²) < 4.78 is 2.07. The minimum Gasteiger partial charge on any atom is -0.363 e. The molecule has 0 radical (unpaired) electrons. The third kappa shape index (κ3) is 2.48. The van der Waals surface area contributed by atoms with E-state index in [1.54, 1.807) is 18.6 Å². The van der Waals surface area contributed by atoms with Crippen molar-refractivity contribution < 1.29 is 0 Å². The van der Waals surface area contributed by atoms with Crippen LogP contribution in [0.2, 0.25) is 0 Å². The molecule has 26 heavy (non-hydrogen) atoms. The molecule has 0 saturated heterocycles. The van der Waals surface area contributed by atoms with Gasteiger partial charge in [-0.3, -0.25) is 9.38 Å². The fourth-order valence-corrected chi connectivity index (χ4v) is 3.16. The van der Waals surface area contributed by atoms with Crippen LogP contribution in [-0.2, 0) is 6.54 Å². The van der Waals surface area contributed by atoms with E-state index in [2.05, 4.69) is 53.9 Å². The number of H-pyrrole nitrogens is 1. The van der Waals surface area contributed by atoms with E-state index in [0.29, 0.717) is 6.54 Å². The van der Waals surface area contributed by atoms with E-state index in [4.69, 9.17) is 0 Å². The van der Waals surface area contributed by atoms with Gasteiger partial charge in [-0.15, -0.1) is 0 Å². The van der Waals surface area contributed by atoms with Gasteiger partial charge in [0.25, 0.3) is 0 Å². The van der Waals surface area contributed by atoms with Gasteiger partial charge in [0.2, 0.25) is 0 Å². The minimum atomic E-state index is 0.673. The highest BCUT2D eigenvalue weighted by molar-refractivity contribution is 5.85. The first-order chi connectivity index (χ1) is 12.9. The molecule has 6 heteroatoms. The number of aromatic nitrogens is 5. The second kappa shape index (κ2) is 6.00. The average Bonchev–Trinajstić information content (AvgIpc) is 3.33. The predicted molar refractivity (Wildman–Crippen MR) is 102 cm³/mol. The molecule has 2 N–H and O–H groups in total. The number of hydrogen-bond acceptors (Lipinski definition) is 4. The number of rotatable bonds is 4. The van der Waals surface area contributed by atoms with E-state index >= 15 is 0 Å². The molecule has 0 fully saturated rings. The van der Waals surface area contributed by atoms with Crippen molar-refractivity contribution in [2.45, 2.75) is 6.54 Å². The molecule has 4 heterocycles. The number of benzene rings is 1. The molecule has 0 aliphatic rings. The summed E-state index contributed by atoms with van der Waals surface area (Å²) >= 11 is 0. The van der Waals surface area contributed by atoms with Gasteiger partial charge < -0.3 is 10.3 Å². The van der Waals surface area contributed by atoms with Gasteiger partial charge in [0, 0.05) is 54.0 Å². The van der Waals surface area contributed by atoms with Gasteiger partial charge in [0.15, 0.2) is 11.5 Å². The zero-order chi connectivity index (χ0) is 17.3. The fourth-order valence-electron chi connectivity index (χ4n) is 3.16. The van der Waals surface area contributed by atoms with Gasteiger partial charge in [-0.1, -0.05) is 6.07 Å². The number of aromatic amines is 1. The first kappa shape index (κ1) is 14.7. The third-order valence-corrected chi connectivity index (χ3v) is 4.49. The van der Waals surface area contributed by atoms with E-state index in [9.17, 15) is 0 Å². The highest BCUT2D eigenvalue weighted by Gasteiger charge is 2.11. The number of hydrogen-bond donors (Lipinski definition) is 2. The summed E-state index contributed by atoms with van der Waals surface area (Å²) in [5.74, 6) is 0.762. The summed E-state index contributed by atoms with van der Waals surface area (Å²) in [5, 5.41) is 4.55. The zero-order valence-electron chi connectivity index (χ0n) is 13.9. The van der Waals surface area contributed by atoms with Crippen LogP contribution in [0.3, 0.4) is 0 Å². The van der Waals surface area contributed by atoms with Crippen molar-refractivity contribution in [3.63, 3.8) is 0 Å². The summed E-state index contributed by atoms with van der Waals surface area (Å²) in [6.45, 7) is 0.673. The van der Waals surface area contributed by atoms with E-state index in [1.807, 2.05) is 30.7 Å². The van der Waals surface area contributed by atoms with E-state index in [0.717, 1.165) is 33.8 Å². The van der Waals surface area contributed by atoms with Gasteiger partial charge in [0.05, 0.1) is 11.9 Å². The molecule has 5 rings (SSSR count). The average molecular weight is 340 g/mol. The van der Waals surface area contributed by atoms with Crippen LogP contribution in [0.4, 0.5) is 5.82 Å². The Morgan fingerprint density at radius 3 is 2.85 bits per heavy atom. The van der Waals surface area contributed by atoms with Crippen LogP contribution in [0.15, 0.2) is 73.6 Å². The lowest BCUT2D eigenvalue weighted by Crippen LogP contribution is -2.04. The summed E-state index contributed by atoms with van der Waals surface area (Å²) in [5.41, 5.74) is 5.25. The molecule has 0 bridgehead atoms. The van der Waals surface area contributed by atoms with E-state index in [1.165, 1.54) is 5.39 Å². The molecule has 0 saturated carbocycles. The lowest BCUT2D eigenvalue weighted by atomic mass is 10.1. The normalized spacial score (nSPS) is 11.2.